The van der Waals surface area contributed by atoms with Gasteiger partial charge in [0.1, 0.15) is 11.6 Å². The minimum Gasteiger partial charge on any atom is -0.472 e. The Hall–Kier alpha value is -1.15. The van der Waals surface area contributed by atoms with Crippen molar-refractivity contribution in [3.05, 3.63) is 51.1 Å². The molecule has 26 heavy (non-hydrogen) atoms. The van der Waals surface area contributed by atoms with E-state index in [0.717, 1.165) is 5.06 Å². The van der Waals surface area contributed by atoms with Crippen LogP contribution >= 0.6 is 56.5 Å². The zero-order valence-electron chi connectivity index (χ0n) is 13.5. The average molecular weight is 463 g/mol. The largest absolute Gasteiger partial charge is 0.472 e. The Morgan fingerprint density at radius 2 is 1.77 bits per heavy atom. The van der Waals surface area contributed by atoms with Crippen LogP contribution in [-0.4, -0.2) is 25.3 Å². The van der Waals surface area contributed by atoms with Gasteiger partial charge in [-0.2, -0.15) is 10.0 Å². The highest BCUT2D eigenvalue weighted by atomic mass is 36.5. The number of carbonyl (C=O) groups excluding carboxylic acids is 1. The molecule has 1 heterocycles. The van der Waals surface area contributed by atoms with E-state index in [4.69, 9.17) is 44.4 Å². The smallest absolute Gasteiger partial charge is 0.438 e. The molecule has 0 fully saturated rings. The predicted molar refractivity (Wildman–Crippen MR) is 104 cm³/mol. The molecule has 0 N–H and O–H groups in total. The summed E-state index contributed by atoms with van der Waals surface area (Å²) in [5.74, 6) is 0.128. The van der Waals surface area contributed by atoms with Crippen LogP contribution in [-0.2, 0) is 16.2 Å². The third kappa shape index (κ3) is 5.94. The molecule has 0 aliphatic heterocycles. The highest BCUT2D eigenvalue weighted by molar-refractivity contribution is 6.85. The van der Waals surface area contributed by atoms with Gasteiger partial charge >= 0.3 is 6.09 Å². The molecule has 0 saturated heterocycles. The van der Waals surface area contributed by atoms with Crippen LogP contribution in [0.2, 0.25) is 15.2 Å². The topological polar surface area (TPSA) is 60.9 Å². The van der Waals surface area contributed by atoms with Gasteiger partial charge in [0.15, 0.2) is 5.15 Å². The molecule has 0 radical (unpaired) electrons. The number of para-hydroxylation sites is 1. The first-order valence-electron chi connectivity index (χ1n) is 6.76. The SMILES string of the molecule is COC(=O)N(OC)c1ccccc1COc1nc(Cl)c(Cl)cc1Cl.ClCl. The molecule has 142 valence electrons. The van der Waals surface area contributed by atoms with Crippen molar-refractivity contribution < 1.29 is 19.1 Å². The number of aromatic nitrogens is 1. The molecule has 0 bridgehead atoms. The maximum absolute atomic E-state index is 11.8. The number of rotatable bonds is 5. The summed E-state index contributed by atoms with van der Waals surface area (Å²) in [4.78, 5) is 20.8. The number of pyridine rings is 1. The lowest BCUT2D eigenvalue weighted by molar-refractivity contribution is 0.115. The van der Waals surface area contributed by atoms with Gasteiger partial charge in [-0.3, -0.25) is 4.84 Å². The average Bonchev–Trinajstić information content (AvgIpc) is 2.66. The highest BCUT2D eigenvalue weighted by Crippen LogP contribution is 2.31. The van der Waals surface area contributed by atoms with Crippen molar-refractivity contribution in [2.45, 2.75) is 6.61 Å². The van der Waals surface area contributed by atoms with E-state index in [0.29, 0.717) is 11.3 Å². The fraction of sp³-hybridized carbons (Fsp3) is 0.200. The van der Waals surface area contributed by atoms with E-state index in [1.54, 1.807) is 24.3 Å². The summed E-state index contributed by atoms with van der Waals surface area (Å²) in [7, 11) is 10.8. The quantitative estimate of drug-likeness (QED) is 0.395. The van der Waals surface area contributed by atoms with E-state index >= 15 is 0 Å². The van der Waals surface area contributed by atoms with Gasteiger partial charge in [-0.1, -0.05) is 53.0 Å². The lowest BCUT2D eigenvalue weighted by atomic mass is 10.2. The third-order valence-corrected chi connectivity index (χ3v) is 3.90. The van der Waals surface area contributed by atoms with E-state index < -0.39 is 6.09 Å². The molecule has 0 atom stereocenters. The van der Waals surface area contributed by atoms with Gasteiger partial charge in [-0.25, -0.2) is 4.79 Å². The number of benzene rings is 1. The normalized spacial score (nSPS) is 9.81. The second kappa shape index (κ2) is 11.5. The van der Waals surface area contributed by atoms with Crippen molar-refractivity contribution in [1.82, 2.24) is 4.98 Å². The number of carbonyl (C=O) groups is 1. The molecule has 0 saturated carbocycles. The summed E-state index contributed by atoms with van der Waals surface area (Å²) in [5.41, 5.74) is 1.11. The molecule has 6 nitrogen and oxygen atoms in total. The van der Waals surface area contributed by atoms with Gasteiger partial charge in [-0.05, 0) is 12.1 Å². The van der Waals surface area contributed by atoms with Gasteiger partial charge < -0.3 is 9.47 Å². The van der Waals surface area contributed by atoms with Gasteiger partial charge in [0, 0.05) is 27.3 Å². The highest BCUT2D eigenvalue weighted by Gasteiger charge is 2.20. The Morgan fingerprint density at radius 1 is 1.12 bits per heavy atom. The van der Waals surface area contributed by atoms with Crippen molar-refractivity contribution in [1.29, 1.82) is 0 Å². The van der Waals surface area contributed by atoms with Crippen molar-refractivity contribution in [3.63, 3.8) is 0 Å². The number of hydrogen-bond acceptors (Lipinski definition) is 5. The predicted octanol–water partition coefficient (Wildman–Crippen LogP) is 6.13. The Bertz CT molecular complexity index is 748. The lowest BCUT2D eigenvalue weighted by Crippen LogP contribution is -2.30. The molecule has 0 aliphatic rings. The second-order valence-electron chi connectivity index (χ2n) is 4.41. The summed E-state index contributed by atoms with van der Waals surface area (Å²) in [6.07, 6.45) is -0.671. The van der Waals surface area contributed by atoms with Crippen LogP contribution in [0.15, 0.2) is 30.3 Å². The number of anilines is 1. The maximum Gasteiger partial charge on any atom is 0.438 e. The van der Waals surface area contributed by atoms with Crippen molar-refractivity contribution in [2.24, 2.45) is 0 Å². The van der Waals surface area contributed by atoms with E-state index in [1.165, 1.54) is 20.3 Å². The van der Waals surface area contributed by atoms with Crippen LogP contribution in [0.25, 0.3) is 0 Å². The molecule has 2 rings (SSSR count). The summed E-state index contributed by atoms with van der Waals surface area (Å²) < 4.78 is 10.3. The number of halogens is 5. The minimum absolute atomic E-state index is 0.0672. The van der Waals surface area contributed by atoms with E-state index in [1.807, 2.05) is 0 Å². The number of hydrogen-bond donors (Lipinski definition) is 0. The standard InChI is InChI=1S/C15H13Cl3N2O4.Cl2/c1-22-15(21)20(23-2)12-6-4-3-5-9(12)8-24-14-11(17)7-10(16)13(18)19-14;1-2/h3-7H,8H2,1-2H3;. The van der Waals surface area contributed by atoms with Crippen molar-refractivity contribution in [3.8, 4) is 5.88 Å². The first kappa shape index (κ1) is 22.9. The summed E-state index contributed by atoms with van der Waals surface area (Å²) in [6.45, 7) is 0.0672. The van der Waals surface area contributed by atoms with Crippen LogP contribution in [0.3, 0.4) is 0 Å². The maximum atomic E-state index is 11.8. The number of hydroxylamine groups is 1. The van der Waals surface area contributed by atoms with E-state index in [-0.39, 0.29) is 27.7 Å². The van der Waals surface area contributed by atoms with Crippen LogP contribution in [0.1, 0.15) is 5.56 Å². The first-order chi connectivity index (χ1) is 12.5. The fourth-order valence-electron chi connectivity index (χ4n) is 1.86. The zero-order chi connectivity index (χ0) is 19.7. The van der Waals surface area contributed by atoms with E-state index in [2.05, 4.69) is 31.4 Å². The molecule has 0 unspecified atom stereocenters. The molecule has 1 aromatic heterocycles. The number of nitrogens with zero attached hydrogens (tertiary/aromatic N) is 2. The van der Waals surface area contributed by atoms with Crippen LogP contribution in [0.4, 0.5) is 10.5 Å². The molecule has 0 spiro atoms. The van der Waals surface area contributed by atoms with Gasteiger partial charge in [0.05, 0.1) is 24.9 Å². The molecule has 1 aromatic carbocycles. The Morgan fingerprint density at radius 3 is 2.38 bits per heavy atom. The molecular formula is C15H13Cl5N2O4. The third-order valence-electron chi connectivity index (χ3n) is 2.95. The number of amides is 1. The molecular weight excluding hydrogens is 449 g/mol. The summed E-state index contributed by atoms with van der Waals surface area (Å²) >= 11 is 17.7. The van der Waals surface area contributed by atoms with Crippen molar-refractivity contribution >= 4 is 68.3 Å². The Balaban J connectivity index is 0.00000163. The number of methoxy groups -OCH3 is 1. The number of ether oxygens (including phenoxy) is 2. The Kier molecular flexibility index (Phi) is 10.2. The second-order valence-corrected chi connectivity index (χ2v) is 5.58. The lowest BCUT2D eigenvalue weighted by Gasteiger charge is -2.21. The minimum atomic E-state index is -0.671. The molecule has 2 aromatic rings. The van der Waals surface area contributed by atoms with E-state index in [9.17, 15) is 4.79 Å². The zero-order valence-corrected chi connectivity index (χ0v) is 17.3. The molecule has 0 aliphatic carbocycles. The Labute approximate surface area is 174 Å². The van der Waals surface area contributed by atoms with Crippen molar-refractivity contribution in [2.75, 3.05) is 19.3 Å². The van der Waals surface area contributed by atoms with Gasteiger partial charge in [0.2, 0.25) is 5.88 Å². The first-order valence-corrected chi connectivity index (χ1v) is 9.04. The molecule has 11 heteroatoms. The van der Waals surface area contributed by atoms with Crippen LogP contribution in [0.5, 0.6) is 5.88 Å². The van der Waals surface area contributed by atoms with Gasteiger partial charge in [0.25, 0.3) is 0 Å². The van der Waals surface area contributed by atoms with Gasteiger partial charge in [-0.15, -0.1) is 0 Å². The monoisotopic (exact) mass is 460 g/mol. The van der Waals surface area contributed by atoms with Crippen LogP contribution < -0.4 is 9.80 Å². The fourth-order valence-corrected chi connectivity index (χ4v) is 2.41. The molecule has 1 amide bonds. The summed E-state index contributed by atoms with van der Waals surface area (Å²) in [6, 6.07) is 8.42. The summed E-state index contributed by atoms with van der Waals surface area (Å²) in [5, 5.41) is 1.53. The van der Waals surface area contributed by atoms with Crippen LogP contribution in [0, 0.1) is 0 Å².